The van der Waals surface area contributed by atoms with Gasteiger partial charge in [-0.05, 0) is 25.0 Å². The van der Waals surface area contributed by atoms with Crippen LogP contribution in [0.4, 0.5) is 5.69 Å². The lowest BCUT2D eigenvalue weighted by Crippen LogP contribution is -2.30. The molecule has 1 fully saturated rings. The molecule has 0 radical (unpaired) electrons. The highest BCUT2D eigenvalue weighted by atomic mass is 16.7. The molecule has 1 aliphatic heterocycles. The van der Waals surface area contributed by atoms with Gasteiger partial charge in [-0.15, -0.1) is 0 Å². The molecule has 0 saturated heterocycles. The van der Waals surface area contributed by atoms with E-state index in [1.54, 1.807) is 18.2 Å². The summed E-state index contributed by atoms with van der Waals surface area (Å²) in [6, 6.07) is 5.37. The van der Waals surface area contributed by atoms with Gasteiger partial charge in [-0.2, -0.15) is 0 Å². The second-order valence-electron chi connectivity index (χ2n) is 4.51. The number of amides is 1. The SMILES string of the molecule is NCC1(C(=O)Nc2ccc3c(c2)OCO3)CC1. The Labute approximate surface area is 98.9 Å². The van der Waals surface area contributed by atoms with Crippen molar-refractivity contribution in [2.24, 2.45) is 11.1 Å². The van der Waals surface area contributed by atoms with Crippen LogP contribution in [-0.2, 0) is 4.79 Å². The molecule has 1 heterocycles. The van der Waals surface area contributed by atoms with Crippen LogP contribution in [0.5, 0.6) is 11.5 Å². The lowest BCUT2D eigenvalue weighted by atomic mass is 10.1. The predicted molar refractivity (Wildman–Crippen MR) is 61.9 cm³/mol. The summed E-state index contributed by atoms with van der Waals surface area (Å²) in [6.45, 7) is 0.642. The van der Waals surface area contributed by atoms with Gasteiger partial charge in [0.2, 0.25) is 12.7 Å². The third-order valence-electron chi connectivity index (χ3n) is 3.36. The third-order valence-corrected chi connectivity index (χ3v) is 3.36. The summed E-state index contributed by atoms with van der Waals surface area (Å²) in [5, 5.41) is 2.87. The molecule has 0 unspecified atom stereocenters. The zero-order valence-electron chi connectivity index (χ0n) is 9.36. The highest BCUT2D eigenvalue weighted by molar-refractivity contribution is 5.97. The molecular weight excluding hydrogens is 220 g/mol. The molecule has 1 aromatic rings. The number of hydrogen-bond donors (Lipinski definition) is 2. The lowest BCUT2D eigenvalue weighted by molar-refractivity contribution is -0.120. The Morgan fingerprint density at radius 3 is 2.82 bits per heavy atom. The lowest BCUT2D eigenvalue weighted by Gasteiger charge is -2.12. The molecule has 5 nitrogen and oxygen atoms in total. The van der Waals surface area contributed by atoms with Gasteiger partial charge < -0.3 is 20.5 Å². The first-order chi connectivity index (χ1) is 8.23. The third kappa shape index (κ3) is 1.72. The second-order valence-corrected chi connectivity index (χ2v) is 4.51. The van der Waals surface area contributed by atoms with Gasteiger partial charge in [0, 0.05) is 18.3 Å². The smallest absolute Gasteiger partial charge is 0.231 e. The highest BCUT2D eigenvalue weighted by Gasteiger charge is 2.48. The van der Waals surface area contributed by atoms with Gasteiger partial charge in [-0.25, -0.2) is 0 Å². The molecule has 2 aliphatic rings. The number of ether oxygens (including phenoxy) is 2. The Morgan fingerprint density at radius 2 is 2.12 bits per heavy atom. The van der Waals surface area contributed by atoms with Crippen molar-refractivity contribution in [3.63, 3.8) is 0 Å². The Morgan fingerprint density at radius 1 is 1.35 bits per heavy atom. The van der Waals surface area contributed by atoms with Gasteiger partial charge in [0.25, 0.3) is 0 Å². The summed E-state index contributed by atoms with van der Waals surface area (Å²) in [5.74, 6) is 1.38. The Kier molecular flexibility index (Phi) is 2.22. The van der Waals surface area contributed by atoms with Crippen LogP contribution >= 0.6 is 0 Å². The van der Waals surface area contributed by atoms with Crippen LogP contribution in [0.2, 0.25) is 0 Å². The molecule has 0 bridgehead atoms. The largest absolute Gasteiger partial charge is 0.454 e. The second kappa shape index (κ2) is 3.63. The molecule has 1 saturated carbocycles. The molecule has 90 valence electrons. The first kappa shape index (κ1) is 10.4. The summed E-state index contributed by atoms with van der Waals surface area (Å²) in [6.07, 6.45) is 1.75. The van der Waals surface area contributed by atoms with E-state index in [1.165, 1.54) is 0 Å². The summed E-state index contributed by atoms with van der Waals surface area (Å²) in [5.41, 5.74) is 5.99. The van der Waals surface area contributed by atoms with E-state index in [0.29, 0.717) is 18.0 Å². The molecule has 0 spiro atoms. The van der Waals surface area contributed by atoms with E-state index in [1.807, 2.05) is 0 Å². The summed E-state index contributed by atoms with van der Waals surface area (Å²) in [4.78, 5) is 12.0. The van der Waals surface area contributed by atoms with Crippen molar-refractivity contribution in [1.29, 1.82) is 0 Å². The number of nitrogens with two attached hydrogens (primary N) is 1. The van der Waals surface area contributed by atoms with E-state index in [-0.39, 0.29) is 18.1 Å². The monoisotopic (exact) mass is 234 g/mol. The predicted octanol–water partition coefficient (Wildman–Crippen LogP) is 1.09. The van der Waals surface area contributed by atoms with E-state index >= 15 is 0 Å². The Bertz CT molecular complexity index is 469. The molecule has 1 aliphatic carbocycles. The number of hydrogen-bond acceptors (Lipinski definition) is 4. The maximum absolute atomic E-state index is 12.0. The number of benzene rings is 1. The zero-order valence-corrected chi connectivity index (χ0v) is 9.36. The molecule has 5 heteroatoms. The molecular formula is C12H14N2O3. The Balaban J connectivity index is 1.75. The van der Waals surface area contributed by atoms with Crippen LogP contribution in [-0.4, -0.2) is 19.2 Å². The number of anilines is 1. The van der Waals surface area contributed by atoms with Crippen LogP contribution in [0.3, 0.4) is 0 Å². The Hall–Kier alpha value is -1.75. The molecule has 17 heavy (non-hydrogen) atoms. The van der Waals surface area contributed by atoms with E-state index < -0.39 is 0 Å². The van der Waals surface area contributed by atoms with Gasteiger partial charge in [-0.3, -0.25) is 4.79 Å². The van der Waals surface area contributed by atoms with Crippen LogP contribution < -0.4 is 20.5 Å². The van der Waals surface area contributed by atoms with Crippen molar-refractivity contribution in [3.05, 3.63) is 18.2 Å². The average Bonchev–Trinajstić information content (AvgIpc) is 3.01. The van der Waals surface area contributed by atoms with Crippen molar-refractivity contribution >= 4 is 11.6 Å². The van der Waals surface area contributed by atoms with Crippen molar-refractivity contribution in [1.82, 2.24) is 0 Å². The van der Waals surface area contributed by atoms with E-state index in [2.05, 4.69) is 5.32 Å². The van der Waals surface area contributed by atoms with E-state index in [4.69, 9.17) is 15.2 Å². The molecule has 3 rings (SSSR count). The zero-order chi connectivity index (χ0) is 11.9. The van der Waals surface area contributed by atoms with Gasteiger partial charge in [0.05, 0.1) is 5.41 Å². The highest BCUT2D eigenvalue weighted by Crippen LogP contribution is 2.45. The summed E-state index contributed by atoms with van der Waals surface area (Å²) >= 11 is 0. The van der Waals surface area contributed by atoms with Gasteiger partial charge in [0.1, 0.15) is 0 Å². The minimum atomic E-state index is -0.337. The molecule has 0 atom stereocenters. The number of nitrogens with one attached hydrogen (secondary N) is 1. The fourth-order valence-electron chi connectivity index (χ4n) is 1.91. The van der Waals surface area contributed by atoms with Gasteiger partial charge in [0.15, 0.2) is 11.5 Å². The fourth-order valence-corrected chi connectivity index (χ4v) is 1.91. The van der Waals surface area contributed by atoms with Crippen molar-refractivity contribution in [2.75, 3.05) is 18.7 Å². The first-order valence-corrected chi connectivity index (χ1v) is 5.65. The minimum Gasteiger partial charge on any atom is -0.454 e. The quantitative estimate of drug-likeness (QED) is 0.821. The normalized spacial score (nSPS) is 18.9. The maximum Gasteiger partial charge on any atom is 0.231 e. The molecule has 1 aromatic carbocycles. The van der Waals surface area contributed by atoms with E-state index in [0.717, 1.165) is 18.5 Å². The molecule has 0 aromatic heterocycles. The van der Waals surface area contributed by atoms with Crippen molar-refractivity contribution in [2.45, 2.75) is 12.8 Å². The molecule has 3 N–H and O–H groups in total. The number of fused-ring (bicyclic) bond motifs is 1. The maximum atomic E-state index is 12.0. The minimum absolute atomic E-state index is 0.00105. The summed E-state index contributed by atoms with van der Waals surface area (Å²) < 4.78 is 10.5. The fraction of sp³-hybridized carbons (Fsp3) is 0.417. The molecule has 1 amide bonds. The average molecular weight is 234 g/mol. The number of carbonyl (C=O) groups excluding carboxylic acids is 1. The van der Waals surface area contributed by atoms with Crippen LogP contribution in [0.15, 0.2) is 18.2 Å². The van der Waals surface area contributed by atoms with Crippen LogP contribution in [0, 0.1) is 5.41 Å². The van der Waals surface area contributed by atoms with Crippen molar-refractivity contribution in [3.8, 4) is 11.5 Å². The first-order valence-electron chi connectivity index (χ1n) is 5.65. The number of rotatable bonds is 3. The van der Waals surface area contributed by atoms with Gasteiger partial charge >= 0.3 is 0 Å². The standard InChI is InChI=1S/C12H14N2O3/c13-6-12(3-4-12)11(15)14-8-1-2-9-10(5-8)17-7-16-9/h1-2,5H,3-4,6-7,13H2,(H,14,15). The topological polar surface area (TPSA) is 73.6 Å². The van der Waals surface area contributed by atoms with Crippen LogP contribution in [0.25, 0.3) is 0 Å². The van der Waals surface area contributed by atoms with Gasteiger partial charge in [-0.1, -0.05) is 0 Å². The number of carbonyl (C=O) groups is 1. The summed E-state index contributed by atoms with van der Waals surface area (Å²) in [7, 11) is 0. The van der Waals surface area contributed by atoms with E-state index in [9.17, 15) is 4.79 Å². The van der Waals surface area contributed by atoms with Crippen molar-refractivity contribution < 1.29 is 14.3 Å². The van der Waals surface area contributed by atoms with Crippen LogP contribution in [0.1, 0.15) is 12.8 Å².